The second-order valence-electron chi connectivity index (χ2n) is 8.20. The minimum Gasteiger partial charge on any atom is -0.338 e. The van der Waals surface area contributed by atoms with Crippen LogP contribution in [-0.4, -0.2) is 64.3 Å². The molecule has 0 N–H and O–H groups in total. The molecule has 3 heterocycles. The highest BCUT2D eigenvalue weighted by molar-refractivity contribution is 6.04. The maximum Gasteiger partial charge on any atom is 0.238 e. The van der Waals surface area contributed by atoms with Crippen molar-refractivity contribution in [2.75, 3.05) is 37.6 Å². The van der Waals surface area contributed by atoms with Crippen LogP contribution in [0.3, 0.4) is 0 Å². The molecular weight excluding hydrogens is 366 g/mol. The lowest BCUT2D eigenvalue weighted by molar-refractivity contribution is -0.155. The second kappa shape index (κ2) is 7.81. The summed E-state index contributed by atoms with van der Waals surface area (Å²) in [7, 11) is 0. The normalized spacial score (nSPS) is 17.1. The lowest BCUT2D eigenvalue weighted by Crippen LogP contribution is -2.56. The van der Waals surface area contributed by atoms with Crippen LogP contribution < -0.4 is 4.90 Å². The van der Waals surface area contributed by atoms with E-state index in [0.717, 1.165) is 6.42 Å². The summed E-state index contributed by atoms with van der Waals surface area (Å²) in [6, 6.07) is 10.00. The quantitative estimate of drug-likeness (QED) is 0.743. The molecule has 0 spiro atoms. The van der Waals surface area contributed by atoms with Crippen molar-refractivity contribution in [2.24, 2.45) is 5.41 Å². The molecule has 2 amide bonds. The first-order valence-electron chi connectivity index (χ1n) is 10.1. The van der Waals surface area contributed by atoms with Gasteiger partial charge in [-0.15, -0.1) is 0 Å². The zero-order valence-corrected chi connectivity index (χ0v) is 17.0. The van der Waals surface area contributed by atoms with Gasteiger partial charge in [0.2, 0.25) is 17.8 Å². The predicted octanol–water partition coefficient (Wildman–Crippen LogP) is 1.74. The number of carbonyl (C=O) groups is 2. The summed E-state index contributed by atoms with van der Waals surface area (Å²) in [5.41, 5.74) is 1.39. The van der Waals surface area contributed by atoms with Crippen LogP contribution in [-0.2, 0) is 22.6 Å². The van der Waals surface area contributed by atoms with Crippen LogP contribution in [0.15, 0.2) is 42.7 Å². The number of anilines is 1. The highest BCUT2D eigenvalue weighted by atomic mass is 16.2. The Morgan fingerprint density at radius 3 is 2.14 bits per heavy atom. The van der Waals surface area contributed by atoms with Crippen molar-refractivity contribution in [3.8, 4) is 0 Å². The lowest BCUT2D eigenvalue weighted by Gasteiger charge is -2.40. The Labute approximate surface area is 171 Å². The first-order chi connectivity index (χ1) is 14.0. The van der Waals surface area contributed by atoms with E-state index in [1.807, 2.05) is 17.0 Å². The maximum atomic E-state index is 13.2. The van der Waals surface area contributed by atoms with Crippen molar-refractivity contribution in [3.05, 3.63) is 53.9 Å². The average molecular weight is 393 g/mol. The van der Waals surface area contributed by atoms with Crippen LogP contribution in [0.4, 0.5) is 5.95 Å². The van der Waals surface area contributed by atoms with E-state index in [1.54, 1.807) is 37.2 Å². The number of amides is 2. The molecule has 0 atom stereocenters. The molecule has 1 aromatic carbocycles. The molecule has 1 fully saturated rings. The third kappa shape index (κ3) is 3.81. The monoisotopic (exact) mass is 393 g/mol. The summed E-state index contributed by atoms with van der Waals surface area (Å²) in [6.07, 6.45) is 4.28. The number of piperazine rings is 1. The Hall–Kier alpha value is -2.96. The van der Waals surface area contributed by atoms with Gasteiger partial charge in [0, 0.05) is 51.7 Å². The number of hydrogen-bond acceptors (Lipinski definition) is 5. The molecule has 0 bridgehead atoms. The SMILES string of the molecule is CC(C)(C(=O)N1CCN(c2ncccn2)CC1)C(=O)N1CCc2ccccc2C1. The van der Waals surface area contributed by atoms with E-state index in [9.17, 15) is 9.59 Å². The number of rotatable bonds is 3. The molecule has 2 aromatic rings. The Morgan fingerprint density at radius 1 is 0.828 bits per heavy atom. The van der Waals surface area contributed by atoms with E-state index in [-0.39, 0.29) is 11.8 Å². The van der Waals surface area contributed by atoms with Gasteiger partial charge < -0.3 is 14.7 Å². The third-order valence-electron chi connectivity index (χ3n) is 5.89. The highest BCUT2D eigenvalue weighted by Gasteiger charge is 2.43. The molecule has 0 unspecified atom stereocenters. The van der Waals surface area contributed by atoms with Gasteiger partial charge in [0.25, 0.3) is 0 Å². The molecule has 1 saturated heterocycles. The van der Waals surface area contributed by atoms with Crippen LogP contribution in [0.25, 0.3) is 0 Å². The molecule has 152 valence electrons. The van der Waals surface area contributed by atoms with E-state index < -0.39 is 5.41 Å². The van der Waals surface area contributed by atoms with Crippen molar-refractivity contribution in [3.63, 3.8) is 0 Å². The van der Waals surface area contributed by atoms with Crippen LogP contribution in [0, 0.1) is 5.41 Å². The molecule has 1 aromatic heterocycles. The van der Waals surface area contributed by atoms with Gasteiger partial charge in [-0.05, 0) is 37.5 Å². The molecular formula is C22H27N5O2. The molecule has 7 nitrogen and oxygen atoms in total. The summed E-state index contributed by atoms with van der Waals surface area (Å²) < 4.78 is 0. The van der Waals surface area contributed by atoms with E-state index in [2.05, 4.69) is 27.0 Å². The molecule has 0 aliphatic carbocycles. The van der Waals surface area contributed by atoms with E-state index in [1.165, 1.54) is 11.1 Å². The zero-order chi connectivity index (χ0) is 20.4. The van der Waals surface area contributed by atoms with Gasteiger partial charge in [0.05, 0.1) is 0 Å². The number of benzene rings is 1. The van der Waals surface area contributed by atoms with Gasteiger partial charge in [-0.3, -0.25) is 9.59 Å². The van der Waals surface area contributed by atoms with Crippen LogP contribution in [0.1, 0.15) is 25.0 Å². The Morgan fingerprint density at radius 2 is 1.45 bits per heavy atom. The average Bonchev–Trinajstić information content (AvgIpc) is 2.78. The smallest absolute Gasteiger partial charge is 0.238 e. The topological polar surface area (TPSA) is 69.6 Å². The predicted molar refractivity (Wildman–Crippen MR) is 110 cm³/mol. The zero-order valence-electron chi connectivity index (χ0n) is 17.0. The van der Waals surface area contributed by atoms with Crippen molar-refractivity contribution in [1.29, 1.82) is 0 Å². The van der Waals surface area contributed by atoms with Gasteiger partial charge in [0.15, 0.2) is 0 Å². The molecule has 29 heavy (non-hydrogen) atoms. The summed E-state index contributed by atoms with van der Waals surface area (Å²) in [5, 5.41) is 0. The van der Waals surface area contributed by atoms with E-state index in [4.69, 9.17) is 0 Å². The van der Waals surface area contributed by atoms with Crippen molar-refractivity contribution < 1.29 is 9.59 Å². The van der Waals surface area contributed by atoms with E-state index in [0.29, 0.717) is 45.2 Å². The van der Waals surface area contributed by atoms with Crippen LogP contribution >= 0.6 is 0 Å². The maximum absolute atomic E-state index is 13.2. The summed E-state index contributed by atoms with van der Waals surface area (Å²) in [5.74, 6) is 0.489. The fourth-order valence-electron chi connectivity index (χ4n) is 4.12. The summed E-state index contributed by atoms with van der Waals surface area (Å²) in [6.45, 7) is 7.20. The van der Waals surface area contributed by atoms with Gasteiger partial charge in [-0.1, -0.05) is 24.3 Å². The van der Waals surface area contributed by atoms with Crippen LogP contribution in [0.2, 0.25) is 0 Å². The fraction of sp³-hybridized carbons (Fsp3) is 0.455. The third-order valence-corrected chi connectivity index (χ3v) is 5.89. The minimum atomic E-state index is -1.07. The minimum absolute atomic E-state index is 0.0918. The molecule has 7 heteroatoms. The molecule has 0 saturated carbocycles. The van der Waals surface area contributed by atoms with Gasteiger partial charge in [-0.25, -0.2) is 9.97 Å². The number of aromatic nitrogens is 2. The summed E-state index contributed by atoms with van der Waals surface area (Å²) in [4.78, 5) is 40.7. The van der Waals surface area contributed by atoms with Crippen LogP contribution in [0.5, 0.6) is 0 Å². The van der Waals surface area contributed by atoms with Crippen molar-refractivity contribution in [1.82, 2.24) is 19.8 Å². The lowest BCUT2D eigenvalue weighted by atomic mass is 9.87. The van der Waals surface area contributed by atoms with Crippen molar-refractivity contribution >= 4 is 17.8 Å². The Kier molecular flexibility index (Phi) is 5.22. The molecule has 2 aliphatic heterocycles. The highest BCUT2D eigenvalue weighted by Crippen LogP contribution is 2.27. The largest absolute Gasteiger partial charge is 0.338 e. The van der Waals surface area contributed by atoms with Gasteiger partial charge in [0.1, 0.15) is 5.41 Å². The number of carbonyl (C=O) groups excluding carboxylic acids is 2. The number of fused-ring (bicyclic) bond motifs is 1. The van der Waals surface area contributed by atoms with Gasteiger partial charge in [-0.2, -0.15) is 0 Å². The van der Waals surface area contributed by atoms with Crippen molar-refractivity contribution in [2.45, 2.75) is 26.8 Å². The Bertz CT molecular complexity index is 891. The number of hydrogen-bond donors (Lipinski definition) is 0. The number of nitrogens with zero attached hydrogens (tertiary/aromatic N) is 5. The second-order valence-corrected chi connectivity index (χ2v) is 8.20. The summed E-state index contributed by atoms with van der Waals surface area (Å²) >= 11 is 0. The molecule has 4 rings (SSSR count). The fourth-order valence-corrected chi connectivity index (χ4v) is 4.12. The first-order valence-corrected chi connectivity index (χ1v) is 10.1. The van der Waals surface area contributed by atoms with E-state index >= 15 is 0 Å². The first kappa shape index (κ1) is 19.4. The Balaban J connectivity index is 1.40. The molecule has 2 aliphatic rings. The standard InChI is InChI=1S/C22H27N5O2/c1-22(2,20(29)27-11-8-17-6-3-4-7-18(17)16-27)19(28)25-12-14-26(15-13-25)21-23-9-5-10-24-21/h3-7,9-10H,8,11-16H2,1-2H3. The van der Waals surface area contributed by atoms with Gasteiger partial charge >= 0.3 is 0 Å². The molecule has 0 radical (unpaired) electrons.